The predicted octanol–water partition coefficient (Wildman–Crippen LogP) is 4.24. The number of alkyl halides is 2. The number of likely N-dealkylation sites (N-methyl/N-ethyl adjacent to an activating group) is 1. The number of aromatic nitrogens is 1. The Morgan fingerprint density at radius 3 is 2.48 bits per heavy atom. The molecule has 9 nitrogen and oxygen atoms in total. The van der Waals surface area contributed by atoms with E-state index in [0.717, 1.165) is 25.6 Å². The van der Waals surface area contributed by atoms with Gasteiger partial charge in [-0.05, 0) is 48.9 Å². The molecule has 3 aromatic rings. The number of rotatable bonds is 7. The van der Waals surface area contributed by atoms with Crippen LogP contribution in [0.15, 0.2) is 66.9 Å². The maximum Gasteiger partial charge on any atom is 0.305 e. The lowest BCUT2D eigenvalue weighted by Gasteiger charge is -2.39. The normalized spacial score (nSPS) is 20.5. The van der Waals surface area contributed by atoms with E-state index in [4.69, 9.17) is 11.6 Å². The maximum atomic E-state index is 14.6. The largest absolute Gasteiger partial charge is 0.351 e. The van der Waals surface area contributed by atoms with Crippen LogP contribution >= 0.6 is 11.6 Å². The summed E-state index contributed by atoms with van der Waals surface area (Å²) in [5, 5.41) is 2.65. The van der Waals surface area contributed by atoms with Gasteiger partial charge in [0.15, 0.2) is 0 Å². The van der Waals surface area contributed by atoms with Gasteiger partial charge in [0.05, 0.1) is 0 Å². The van der Waals surface area contributed by atoms with E-state index in [-0.39, 0.29) is 28.6 Å². The molecule has 2 fully saturated rings. The summed E-state index contributed by atoms with van der Waals surface area (Å²) in [6, 6.07) is 10.3. The number of halogens is 4. The highest BCUT2D eigenvalue weighted by atomic mass is 35.5. The second kappa shape index (κ2) is 11.2. The molecule has 0 unspecified atom stereocenters. The topological polar surface area (TPSA) is 103 Å². The summed E-state index contributed by atoms with van der Waals surface area (Å²) in [5.74, 6) is -5.39. The molecule has 14 heteroatoms. The number of benzene rings is 2. The Balaban J connectivity index is 1.65. The van der Waals surface area contributed by atoms with E-state index in [1.54, 1.807) is 25.1 Å². The van der Waals surface area contributed by atoms with Crippen molar-refractivity contribution >= 4 is 45.1 Å². The van der Waals surface area contributed by atoms with Crippen LogP contribution in [0, 0.1) is 12.7 Å². The number of carbonyl (C=O) groups excluding carboxylic acids is 2. The van der Waals surface area contributed by atoms with E-state index in [9.17, 15) is 31.2 Å². The lowest BCUT2D eigenvalue weighted by Crippen LogP contribution is -2.56. The van der Waals surface area contributed by atoms with Gasteiger partial charge in [0.25, 0.3) is 11.8 Å². The molecule has 2 amide bonds. The zero-order chi connectivity index (χ0) is 30.4. The van der Waals surface area contributed by atoms with Crippen molar-refractivity contribution in [1.82, 2.24) is 14.6 Å². The Hall–Kier alpha value is -3.68. The summed E-state index contributed by atoms with van der Waals surface area (Å²) in [5.41, 5.74) is 0.751. The Labute approximate surface area is 246 Å². The van der Waals surface area contributed by atoms with E-state index in [1.165, 1.54) is 43.6 Å². The molecule has 2 aliphatic rings. The van der Waals surface area contributed by atoms with Crippen LogP contribution in [0.2, 0.25) is 5.02 Å². The summed E-state index contributed by atoms with van der Waals surface area (Å²) >= 11 is 6.49. The van der Waals surface area contributed by atoms with Crippen LogP contribution in [0.3, 0.4) is 0 Å². The van der Waals surface area contributed by atoms with Gasteiger partial charge in [-0.2, -0.15) is 12.7 Å². The van der Waals surface area contributed by atoms with E-state index in [2.05, 4.69) is 10.3 Å². The van der Waals surface area contributed by atoms with E-state index in [1.807, 2.05) is 0 Å². The van der Waals surface area contributed by atoms with E-state index < -0.39 is 64.7 Å². The Morgan fingerprint density at radius 2 is 1.83 bits per heavy atom. The van der Waals surface area contributed by atoms with Crippen LogP contribution < -0.4 is 14.5 Å². The van der Waals surface area contributed by atoms with Crippen molar-refractivity contribution in [2.24, 2.45) is 0 Å². The van der Waals surface area contributed by atoms with Gasteiger partial charge >= 0.3 is 10.2 Å². The molecule has 42 heavy (non-hydrogen) atoms. The highest BCUT2D eigenvalue weighted by molar-refractivity contribution is 7.90. The number of nitrogens with one attached hydrogen (secondary N) is 1. The van der Waals surface area contributed by atoms with E-state index in [0.29, 0.717) is 5.56 Å². The highest BCUT2D eigenvalue weighted by Gasteiger charge is 2.51. The maximum absolute atomic E-state index is 14.6. The van der Waals surface area contributed by atoms with E-state index >= 15 is 0 Å². The fraction of sp³-hybridized carbons (Fsp3) is 0.321. The molecule has 1 N–H and O–H groups in total. The number of nitrogens with zero attached hydrogens (tertiary/aromatic N) is 4. The summed E-state index contributed by atoms with van der Waals surface area (Å²) < 4.78 is 70.5. The molecule has 1 aliphatic carbocycles. The zero-order valence-corrected chi connectivity index (χ0v) is 24.1. The first-order valence-corrected chi connectivity index (χ1v) is 14.8. The minimum Gasteiger partial charge on any atom is -0.351 e. The van der Waals surface area contributed by atoms with Gasteiger partial charge in [-0.15, -0.1) is 0 Å². The molecular weight excluding hydrogens is 595 g/mol. The third kappa shape index (κ3) is 5.68. The first kappa shape index (κ1) is 29.8. The number of carbonyl (C=O) groups is 2. The average Bonchev–Trinajstić information content (AvgIpc) is 3.14. The van der Waals surface area contributed by atoms with Crippen LogP contribution in [0.25, 0.3) is 0 Å². The van der Waals surface area contributed by atoms with Crippen molar-refractivity contribution in [2.45, 2.75) is 43.8 Å². The molecule has 1 saturated heterocycles. The second-order valence-corrected chi connectivity index (χ2v) is 12.7. The lowest BCUT2D eigenvalue weighted by atomic mass is 9.87. The van der Waals surface area contributed by atoms with Crippen molar-refractivity contribution in [2.75, 3.05) is 22.8 Å². The fourth-order valence-corrected chi connectivity index (χ4v) is 6.83. The standard InChI is InChI=1S/C28H27ClF3N5O4S/c1-17-10-11-33-24(12-17)37-23(16-35(2)42(37,40)41)27(39)36(20-7-5-6-18(30)13-20)25(21-8-3-4-9-22(21)29)26(38)34-19-14-28(31,32)15-19/h3-13,19,23,25H,14-16H2,1-2H3,(H,34,38)/t23-,25-/m0/s1. The first-order chi connectivity index (χ1) is 19.8. The molecule has 1 saturated carbocycles. The zero-order valence-electron chi connectivity index (χ0n) is 22.5. The van der Waals surface area contributed by atoms with Gasteiger partial charge in [-0.3, -0.25) is 14.5 Å². The highest BCUT2D eigenvalue weighted by Crippen LogP contribution is 2.40. The fourth-order valence-electron chi connectivity index (χ4n) is 5.15. The molecule has 1 aliphatic heterocycles. The quantitative estimate of drug-likeness (QED) is 0.425. The first-order valence-electron chi connectivity index (χ1n) is 13.0. The third-order valence-corrected chi connectivity index (χ3v) is 9.45. The lowest BCUT2D eigenvalue weighted by molar-refractivity contribution is -0.133. The van der Waals surface area contributed by atoms with Gasteiger partial charge in [0, 0.05) is 54.9 Å². The SMILES string of the molecule is Cc1ccnc(N2[C@H](C(=O)N(c3cccc(F)c3)[C@H](C(=O)NC3CC(F)(F)C3)c3ccccc3Cl)CN(C)S2(=O)=O)c1. The van der Waals surface area contributed by atoms with Gasteiger partial charge in [0.2, 0.25) is 5.91 Å². The summed E-state index contributed by atoms with van der Waals surface area (Å²) in [6.45, 7) is 1.42. The summed E-state index contributed by atoms with van der Waals surface area (Å²) in [7, 11) is -2.93. The Bertz CT molecular complexity index is 1630. The molecule has 2 aromatic carbocycles. The molecule has 1 aromatic heterocycles. The second-order valence-electron chi connectivity index (χ2n) is 10.4. The Kier molecular flexibility index (Phi) is 7.94. The van der Waals surface area contributed by atoms with Crippen molar-refractivity contribution in [3.8, 4) is 0 Å². The average molecular weight is 622 g/mol. The van der Waals surface area contributed by atoms with Crippen molar-refractivity contribution in [3.05, 3.63) is 88.8 Å². The van der Waals surface area contributed by atoms with Crippen LogP contribution in [0.5, 0.6) is 0 Å². The number of hydrogen-bond donors (Lipinski definition) is 1. The van der Waals surface area contributed by atoms with Gasteiger partial charge in [0.1, 0.15) is 23.7 Å². The third-order valence-electron chi connectivity index (χ3n) is 7.23. The van der Waals surface area contributed by atoms with Crippen molar-refractivity contribution in [1.29, 1.82) is 0 Å². The predicted molar refractivity (Wildman–Crippen MR) is 151 cm³/mol. The minimum absolute atomic E-state index is 0.0210. The summed E-state index contributed by atoms with van der Waals surface area (Å²) in [6.07, 6.45) is 0.236. The Morgan fingerprint density at radius 1 is 1.12 bits per heavy atom. The molecular formula is C28H27ClF3N5O4S. The van der Waals surface area contributed by atoms with Crippen LogP contribution in [-0.2, 0) is 19.8 Å². The summed E-state index contributed by atoms with van der Waals surface area (Å²) in [4.78, 5) is 33.6. The smallest absolute Gasteiger partial charge is 0.305 e. The minimum atomic E-state index is -4.23. The van der Waals surface area contributed by atoms with Gasteiger partial charge in [-0.25, -0.2) is 22.5 Å². The molecule has 2 heterocycles. The van der Waals surface area contributed by atoms with Crippen LogP contribution in [-0.4, -0.2) is 61.1 Å². The monoisotopic (exact) mass is 621 g/mol. The van der Waals surface area contributed by atoms with Crippen molar-refractivity contribution in [3.63, 3.8) is 0 Å². The molecule has 0 bridgehead atoms. The number of hydrogen-bond acceptors (Lipinski definition) is 5. The number of anilines is 2. The number of pyridine rings is 1. The molecule has 0 spiro atoms. The van der Waals surface area contributed by atoms with Crippen LogP contribution in [0.4, 0.5) is 24.7 Å². The molecule has 2 atom stereocenters. The van der Waals surface area contributed by atoms with Gasteiger partial charge in [-0.1, -0.05) is 35.9 Å². The van der Waals surface area contributed by atoms with Crippen molar-refractivity contribution < 1.29 is 31.2 Å². The molecule has 222 valence electrons. The number of aryl methyl sites for hydroxylation is 1. The van der Waals surface area contributed by atoms with Gasteiger partial charge < -0.3 is 5.32 Å². The molecule has 5 rings (SSSR count). The molecule has 0 radical (unpaired) electrons. The van der Waals surface area contributed by atoms with Crippen LogP contribution in [0.1, 0.15) is 30.0 Å². The number of amides is 2.